The lowest BCUT2D eigenvalue weighted by Gasteiger charge is -2.16. The van der Waals surface area contributed by atoms with Crippen molar-refractivity contribution in [2.24, 2.45) is 0 Å². The van der Waals surface area contributed by atoms with Gasteiger partial charge in [-0.2, -0.15) is 5.10 Å². The van der Waals surface area contributed by atoms with E-state index >= 15 is 0 Å². The van der Waals surface area contributed by atoms with Gasteiger partial charge in [-0.25, -0.2) is 4.39 Å². The molecule has 0 amide bonds. The predicted molar refractivity (Wildman–Crippen MR) is 83.9 cm³/mol. The highest BCUT2D eigenvalue weighted by atomic mass is 19.1. The fourth-order valence-corrected chi connectivity index (χ4v) is 2.83. The molecule has 0 aliphatic rings. The van der Waals surface area contributed by atoms with Gasteiger partial charge in [0.05, 0.1) is 12.2 Å². The molecule has 3 nitrogen and oxygen atoms in total. The van der Waals surface area contributed by atoms with Crippen molar-refractivity contribution in [2.75, 3.05) is 6.54 Å². The minimum atomic E-state index is -0.203. The molecule has 114 valence electrons. The summed E-state index contributed by atoms with van der Waals surface area (Å²) in [7, 11) is 0. The van der Waals surface area contributed by atoms with Gasteiger partial charge in [-0.05, 0) is 44.5 Å². The number of aryl methyl sites for hydroxylation is 1. The van der Waals surface area contributed by atoms with E-state index in [2.05, 4.69) is 38.1 Å². The first-order valence-corrected chi connectivity index (χ1v) is 7.58. The summed E-state index contributed by atoms with van der Waals surface area (Å²) < 4.78 is 15.0. The van der Waals surface area contributed by atoms with Crippen molar-refractivity contribution in [2.45, 2.75) is 46.7 Å². The lowest BCUT2D eigenvalue weighted by atomic mass is 10.0. The highest BCUT2D eigenvalue weighted by Crippen LogP contribution is 2.24. The first kappa shape index (κ1) is 15.7. The third kappa shape index (κ3) is 3.50. The highest BCUT2D eigenvalue weighted by Gasteiger charge is 2.18. The Balaban J connectivity index is 2.27. The lowest BCUT2D eigenvalue weighted by Crippen LogP contribution is -2.21. The minimum Gasteiger partial charge on any atom is -0.310 e. The SMILES string of the molecule is CCNC(CC)c1c(C)nn(Cc2ccc(F)cc2)c1C. The van der Waals surface area contributed by atoms with Gasteiger partial charge in [0.2, 0.25) is 0 Å². The van der Waals surface area contributed by atoms with Crippen LogP contribution in [0.15, 0.2) is 24.3 Å². The number of hydrogen-bond acceptors (Lipinski definition) is 2. The molecular weight excluding hydrogens is 265 g/mol. The van der Waals surface area contributed by atoms with Crippen LogP contribution < -0.4 is 5.32 Å². The van der Waals surface area contributed by atoms with E-state index in [0.29, 0.717) is 12.6 Å². The van der Waals surface area contributed by atoms with Gasteiger partial charge in [-0.1, -0.05) is 26.0 Å². The molecule has 0 aliphatic carbocycles. The summed E-state index contributed by atoms with van der Waals surface area (Å²) in [5, 5.41) is 8.17. The van der Waals surface area contributed by atoms with Gasteiger partial charge in [-0.3, -0.25) is 4.68 Å². The Morgan fingerprint density at radius 1 is 1.19 bits per heavy atom. The molecule has 2 aromatic rings. The van der Waals surface area contributed by atoms with E-state index in [1.165, 1.54) is 23.4 Å². The first-order chi connectivity index (χ1) is 10.1. The second kappa shape index (κ2) is 6.85. The van der Waals surface area contributed by atoms with E-state index in [4.69, 9.17) is 0 Å². The number of nitrogens with one attached hydrogen (secondary N) is 1. The van der Waals surface area contributed by atoms with Gasteiger partial charge in [0.1, 0.15) is 5.82 Å². The molecule has 4 heteroatoms. The standard InChI is InChI=1S/C17H24FN3/c1-5-16(19-6-2)17-12(3)20-21(13(17)4)11-14-7-9-15(18)10-8-14/h7-10,16,19H,5-6,11H2,1-4H3. The van der Waals surface area contributed by atoms with Crippen molar-refractivity contribution in [3.8, 4) is 0 Å². The Labute approximate surface area is 126 Å². The second-order valence-corrected chi connectivity index (χ2v) is 5.39. The Kier molecular flexibility index (Phi) is 5.12. The third-order valence-electron chi connectivity index (χ3n) is 3.89. The summed E-state index contributed by atoms with van der Waals surface area (Å²) >= 11 is 0. The maximum Gasteiger partial charge on any atom is 0.123 e. The van der Waals surface area contributed by atoms with Crippen molar-refractivity contribution in [3.63, 3.8) is 0 Å². The van der Waals surface area contributed by atoms with Gasteiger partial charge >= 0.3 is 0 Å². The Bertz CT molecular complexity index is 587. The molecular formula is C17H24FN3. The van der Waals surface area contributed by atoms with E-state index in [-0.39, 0.29) is 5.82 Å². The minimum absolute atomic E-state index is 0.203. The summed E-state index contributed by atoms with van der Waals surface area (Å²) in [6.45, 7) is 10.1. The van der Waals surface area contributed by atoms with E-state index < -0.39 is 0 Å². The number of halogens is 1. The summed E-state index contributed by atoms with van der Waals surface area (Å²) in [5.74, 6) is -0.203. The summed E-state index contributed by atoms with van der Waals surface area (Å²) in [4.78, 5) is 0. The molecule has 0 spiro atoms. The van der Waals surface area contributed by atoms with E-state index in [1.54, 1.807) is 0 Å². The average Bonchev–Trinajstić information content (AvgIpc) is 2.74. The Morgan fingerprint density at radius 2 is 1.86 bits per heavy atom. The predicted octanol–water partition coefficient (Wildman–Crippen LogP) is 3.75. The molecule has 1 aromatic heterocycles. The molecule has 0 radical (unpaired) electrons. The van der Waals surface area contributed by atoms with Crippen LogP contribution in [-0.2, 0) is 6.54 Å². The zero-order chi connectivity index (χ0) is 15.4. The second-order valence-electron chi connectivity index (χ2n) is 5.39. The van der Waals surface area contributed by atoms with Gasteiger partial charge < -0.3 is 5.32 Å². The summed E-state index contributed by atoms with van der Waals surface area (Å²) in [5.41, 5.74) is 4.61. The molecule has 0 saturated carbocycles. The largest absolute Gasteiger partial charge is 0.310 e. The molecule has 0 fully saturated rings. The van der Waals surface area contributed by atoms with Gasteiger partial charge in [-0.15, -0.1) is 0 Å². The monoisotopic (exact) mass is 289 g/mol. The lowest BCUT2D eigenvalue weighted by molar-refractivity contribution is 0.531. The normalized spacial score (nSPS) is 12.6. The van der Waals surface area contributed by atoms with Crippen LogP contribution >= 0.6 is 0 Å². The maximum absolute atomic E-state index is 13.0. The number of rotatable bonds is 6. The van der Waals surface area contributed by atoms with Crippen LogP contribution in [0.4, 0.5) is 4.39 Å². The Hall–Kier alpha value is -1.68. The average molecular weight is 289 g/mol. The number of benzene rings is 1. The first-order valence-electron chi connectivity index (χ1n) is 7.58. The van der Waals surface area contributed by atoms with Gasteiger partial charge in [0.25, 0.3) is 0 Å². The number of hydrogen-bond donors (Lipinski definition) is 1. The molecule has 0 saturated heterocycles. The third-order valence-corrected chi connectivity index (χ3v) is 3.89. The smallest absolute Gasteiger partial charge is 0.123 e. The van der Waals surface area contributed by atoms with Crippen LogP contribution in [0.5, 0.6) is 0 Å². The zero-order valence-electron chi connectivity index (χ0n) is 13.3. The van der Waals surface area contributed by atoms with Crippen molar-refractivity contribution >= 4 is 0 Å². The summed E-state index contributed by atoms with van der Waals surface area (Å²) in [6.07, 6.45) is 1.04. The van der Waals surface area contributed by atoms with Crippen LogP contribution in [0, 0.1) is 19.7 Å². The van der Waals surface area contributed by atoms with Crippen molar-refractivity contribution in [3.05, 3.63) is 52.6 Å². The topological polar surface area (TPSA) is 29.9 Å². The van der Waals surface area contributed by atoms with E-state index in [1.807, 2.05) is 16.8 Å². The molecule has 1 N–H and O–H groups in total. The molecule has 1 atom stereocenters. The molecule has 1 aromatic carbocycles. The van der Waals surface area contributed by atoms with Crippen molar-refractivity contribution < 1.29 is 4.39 Å². The van der Waals surface area contributed by atoms with E-state index in [0.717, 1.165) is 24.2 Å². The molecule has 1 heterocycles. The van der Waals surface area contributed by atoms with Crippen LogP contribution in [0.2, 0.25) is 0 Å². The van der Waals surface area contributed by atoms with Gasteiger partial charge in [0, 0.05) is 17.3 Å². The van der Waals surface area contributed by atoms with Gasteiger partial charge in [0.15, 0.2) is 0 Å². The number of nitrogens with zero attached hydrogens (tertiary/aromatic N) is 2. The fourth-order valence-electron chi connectivity index (χ4n) is 2.83. The quantitative estimate of drug-likeness (QED) is 0.877. The molecule has 0 aliphatic heterocycles. The van der Waals surface area contributed by atoms with Crippen LogP contribution in [0.3, 0.4) is 0 Å². The number of aromatic nitrogens is 2. The molecule has 0 bridgehead atoms. The molecule has 2 rings (SSSR count). The van der Waals surface area contributed by atoms with Crippen LogP contribution in [0.25, 0.3) is 0 Å². The highest BCUT2D eigenvalue weighted by molar-refractivity contribution is 5.29. The van der Waals surface area contributed by atoms with E-state index in [9.17, 15) is 4.39 Å². The van der Waals surface area contributed by atoms with Crippen molar-refractivity contribution in [1.82, 2.24) is 15.1 Å². The van der Waals surface area contributed by atoms with Crippen molar-refractivity contribution in [1.29, 1.82) is 0 Å². The zero-order valence-corrected chi connectivity index (χ0v) is 13.3. The molecule has 1 unspecified atom stereocenters. The van der Waals surface area contributed by atoms with Crippen LogP contribution in [0.1, 0.15) is 48.8 Å². The molecule has 21 heavy (non-hydrogen) atoms. The Morgan fingerprint density at radius 3 is 2.43 bits per heavy atom. The maximum atomic E-state index is 13.0. The fraction of sp³-hybridized carbons (Fsp3) is 0.471. The summed E-state index contributed by atoms with van der Waals surface area (Å²) in [6, 6.07) is 6.96. The van der Waals surface area contributed by atoms with Crippen LogP contribution in [-0.4, -0.2) is 16.3 Å².